The first-order chi connectivity index (χ1) is 67.5. The fourth-order valence-electron chi connectivity index (χ4n) is 15.5. The van der Waals surface area contributed by atoms with Gasteiger partial charge in [0.05, 0.1) is 139 Å². The summed E-state index contributed by atoms with van der Waals surface area (Å²) in [4.78, 5) is 113. The first kappa shape index (κ1) is 126. The van der Waals surface area contributed by atoms with Gasteiger partial charge in [-0.25, -0.2) is 0 Å². The van der Waals surface area contributed by atoms with Gasteiger partial charge in [0.25, 0.3) is 43.3 Å². The van der Waals surface area contributed by atoms with E-state index in [0.717, 1.165) is 86.6 Å². The van der Waals surface area contributed by atoms with Crippen molar-refractivity contribution in [2.45, 2.75) is 151 Å². The van der Waals surface area contributed by atoms with E-state index in [2.05, 4.69) is 66.4 Å². The van der Waals surface area contributed by atoms with Gasteiger partial charge in [0, 0.05) is 161 Å². The van der Waals surface area contributed by atoms with E-state index in [4.69, 9.17) is 57.8 Å². The van der Waals surface area contributed by atoms with Crippen LogP contribution in [0.1, 0.15) is 150 Å². The number of aliphatic hydroxyl groups excluding tert-OH is 3. The molecule has 0 bridgehead atoms. The molecule has 0 saturated carbocycles. The maximum Gasteiger partial charge on any atom is 0.306 e. The van der Waals surface area contributed by atoms with Crippen molar-refractivity contribution in [2.24, 2.45) is 0 Å². The van der Waals surface area contributed by atoms with Gasteiger partial charge in [-0.1, -0.05) is 147 Å². The number of aliphatic hydroxyl groups is 3. The van der Waals surface area contributed by atoms with E-state index < -0.39 is 60.7 Å². The zero-order chi connectivity index (χ0) is 105. The molecule has 0 heterocycles. The van der Waals surface area contributed by atoms with Gasteiger partial charge in [-0.3, -0.25) is 90.5 Å². The highest BCUT2D eigenvalue weighted by Crippen LogP contribution is 2.49. The molecule has 0 aromatic heterocycles. The summed E-state index contributed by atoms with van der Waals surface area (Å²) in [5.41, 5.74) is 10.1. The largest absolute Gasteiger partial charge is 0.469 e. The first-order valence-electron chi connectivity index (χ1n) is 47.1. The zero-order valence-electron chi connectivity index (χ0n) is 84.5. The van der Waals surface area contributed by atoms with E-state index in [1.54, 1.807) is 60.5 Å². The van der Waals surface area contributed by atoms with Crippen LogP contribution in [-0.4, -0.2) is 351 Å². The van der Waals surface area contributed by atoms with E-state index in [1.807, 2.05) is 95.8 Å². The van der Waals surface area contributed by atoms with Crippen LogP contribution in [0.5, 0.6) is 0 Å². The highest BCUT2D eigenvalue weighted by molar-refractivity contribution is 7.93. The van der Waals surface area contributed by atoms with Crippen molar-refractivity contribution in [1.29, 1.82) is 0 Å². The normalized spacial score (nSPS) is 11.7. The van der Waals surface area contributed by atoms with Crippen LogP contribution in [0.15, 0.2) is 133 Å². The smallest absolute Gasteiger partial charge is 0.306 e. The monoisotopic (exact) mass is 2060 g/mol. The lowest BCUT2D eigenvalue weighted by Crippen LogP contribution is -2.32. The average molecular weight is 2060 g/mol. The molecule has 6 aromatic carbocycles. The molecule has 0 aliphatic heterocycles. The molecule has 0 fully saturated rings. The van der Waals surface area contributed by atoms with Gasteiger partial charge in [0.2, 0.25) is 12.7 Å². The predicted octanol–water partition coefficient (Wildman–Crippen LogP) is 7.86. The molecule has 790 valence electrons. The molecule has 0 aliphatic carbocycles. The van der Waals surface area contributed by atoms with E-state index in [-0.39, 0.29) is 114 Å². The summed E-state index contributed by atoms with van der Waals surface area (Å²) in [6.07, 6.45) is 4.08. The molecule has 4 N–H and O–H groups in total. The Morgan fingerprint density at radius 1 is 0.348 bits per heavy atom. The van der Waals surface area contributed by atoms with Gasteiger partial charge < -0.3 is 57.8 Å². The third-order valence-corrected chi connectivity index (χ3v) is 29.2. The minimum Gasteiger partial charge on any atom is -0.469 e. The van der Waals surface area contributed by atoms with Crippen molar-refractivity contribution in [2.75, 3.05) is 218 Å². The van der Waals surface area contributed by atoms with Gasteiger partial charge in [0.15, 0.2) is 0 Å². The second kappa shape index (κ2) is 71.3. The van der Waals surface area contributed by atoms with Gasteiger partial charge in [-0.2, -0.15) is 25.3 Å². The number of ether oxygens (including phenoxy) is 8. The van der Waals surface area contributed by atoms with Crippen molar-refractivity contribution in [3.8, 4) is 0 Å². The van der Waals surface area contributed by atoms with Crippen molar-refractivity contribution in [3.05, 3.63) is 200 Å². The molecule has 0 atom stereocenters. The van der Waals surface area contributed by atoms with E-state index in [9.17, 15) is 58.8 Å². The number of nitrogens with zero attached hydrogens (tertiary/aromatic N) is 8. The van der Waals surface area contributed by atoms with Crippen LogP contribution in [0.4, 0.5) is 0 Å². The predicted molar refractivity (Wildman–Crippen MR) is 539 cm³/mol. The van der Waals surface area contributed by atoms with Crippen molar-refractivity contribution in [3.63, 3.8) is 0 Å². The molecule has 0 spiro atoms. The number of hydrogen-bond acceptors (Lipinski definition) is 36. The minimum absolute atomic E-state index is 0.0711. The third kappa shape index (κ3) is 50.7. The number of hydrogen-bond donors (Lipinski definition) is 4. The fraction of sp³-hybridized carbons (Fsp3) is 0.560. The Morgan fingerprint density at radius 2 is 0.667 bits per heavy atom. The molecule has 6 aromatic rings. The molecule has 0 radical (unpaired) electrons. The number of methoxy groups -OCH3 is 6. The Labute approximate surface area is 835 Å². The Kier molecular flexibility index (Phi) is 63.6. The summed E-state index contributed by atoms with van der Waals surface area (Å²) < 4.78 is 141. The maximum absolute atomic E-state index is 15.4. The maximum atomic E-state index is 15.4. The summed E-state index contributed by atoms with van der Waals surface area (Å²) in [6, 6.07) is 41.7. The average Bonchev–Trinajstić information content (AvgIpc) is 0.738. The second-order valence-electron chi connectivity index (χ2n) is 33.3. The molecule has 0 amide bonds. The molecule has 0 aliphatic rings. The number of carbonyl (C=O) groups is 8. The summed E-state index contributed by atoms with van der Waals surface area (Å²) in [5, 5.41) is 28.0. The lowest BCUT2D eigenvalue weighted by atomic mass is 9.87. The topological polar surface area (TPSA) is 455 Å². The summed E-state index contributed by atoms with van der Waals surface area (Å²) in [7, 11) is -4.63. The number of carbonyl (C=O) groups excluding carboxylic acids is 8. The first-order valence-corrected chi connectivity index (χ1v) is 53.6. The molecule has 141 heavy (non-hydrogen) atoms. The van der Waals surface area contributed by atoms with Gasteiger partial charge in [-0.15, -0.1) is 0 Å². The Balaban J connectivity index is 0.000000507. The molecule has 41 heteroatoms. The van der Waals surface area contributed by atoms with Crippen LogP contribution in [0.3, 0.4) is 0 Å². The van der Waals surface area contributed by atoms with E-state index in [1.165, 1.54) is 52.2 Å². The van der Waals surface area contributed by atoms with E-state index >= 15 is 9.36 Å². The summed E-state index contributed by atoms with van der Waals surface area (Å²) in [5.74, 6) is -2.45. The molecule has 0 saturated heterocycles. The van der Waals surface area contributed by atoms with Crippen LogP contribution in [0.25, 0.3) is 0 Å². The van der Waals surface area contributed by atoms with Crippen LogP contribution in [-0.2, 0) is 167 Å². The van der Waals surface area contributed by atoms with Crippen LogP contribution >= 0.6 is 7.14 Å². The zero-order valence-corrected chi connectivity index (χ0v) is 87.9. The van der Waals surface area contributed by atoms with Crippen LogP contribution in [0.2, 0.25) is 0 Å². The number of benzene rings is 6. The number of esters is 5. The second-order valence-corrected chi connectivity index (χ2v) is 41.3. The molecular formula is C100H153N8O29PS3. The molecule has 37 nitrogen and oxygen atoms in total. The minimum atomic E-state index is -4.11. The van der Waals surface area contributed by atoms with Crippen molar-refractivity contribution in [1.82, 2.24) is 39.2 Å². The Hall–Kier alpha value is -9.24. The Morgan fingerprint density at radius 3 is 1.01 bits per heavy atom. The quantitative estimate of drug-likeness (QED) is 0.00536. The van der Waals surface area contributed by atoms with Gasteiger partial charge >= 0.3 is 29.8 Å². The standard InChI is InChI=1S/C40H51N2O10P.C23H36N2O6.C20H36N2O9S3.C17H30N2O4/c1-29-34(26-41(21-13-25-52-28-43)22-18-36(44)49-4)30(2)39(31(3)35(29)27-42(23-19-37(45)50-5)24-20-38(46)51-6)40(47)53(48,32-14-9-7-10-15-32)33-16-11-8-12-17-33;1-4-12-24(14-10-22(27)29-2)17-20-8-5-6-9-21(20)18-25(13-7-16-31-19-26)15-11-23(28)30-3;1-4-9-21(11-14-33(26,27)30-2)17-19-7-5-8-20(16-19)18-22(10-6-13-32(23,24)25)12-15-34(28,29)31-3;1-23-13-9-19(8-12-22)15-17-4-2-16(3-5-17)14-18(6-10-20)7-11-21/h7-12,14-17,28H,13,18-27H2,1-6H3;5-6,8-9,19H,4,7,10-18H2,1-3H3;5,7-8,16H,4,6,9-15,17-18H2,1-3H3,(H,23,24,25);2-5,20-22H,6-15H2,1H3. The molecule has 0 unspecified atom stereocenters. The number of rotatable bonds is 70. The Bertz CT molecular complexity index is 4990. The van der Waals surface area contributed by atoms with Gasteiger partial charge in [0.1, 0.15) is 0 Å². The summed E-state index contributed by atoms with van der Waals surface area (Å²) in [6.45, 7) is 24.6. The fourth-order valence-corrected chi connectivity index (χ4v) is 19.9. The van der Waals surface area contributed by atoms with Crippen LogP contribution in [0, 0.1) is 20.8 Å². The van der Waals surface area contributed by atoms with Crippen molar-refractivity contribution < 1.29 is 134 Å². The molecular weight excluding hydrogens is 1900 g/mol. The van der Waals surface area contributed by atoms with Crippen molar-refractivity contribution >= 4 is 96.4 Å². The SMILES string of the molecule is CCCN(CCC(=O)OC)Cc1ccccc1CN(CCCOC=O)CCC(=O)OC.CCCN(CCS(=O)(=O)OC)Cc1cccc(CN(CCCS(=O)(=O)O)CCS(=O)(=O)OC)c1.COC(=O)CCN(CCCOC=O)Cc1c(C)c(CN(CCC(=O)OC)CCC(=O)OC)c(C)c(C(=O)P(=O)(c2ccccc2)c2ccccc2)c1C.COCCN(CCO)Cc1ccc(CN(CCO)CCO)cc1. The summed E-state index contributed by atoms with van der Waals surface area (Å²) >= 11 is 0. The highest BCUT2D eigenvalue weighted by atomic mass is 32.2. The lowest BCUT2D eigenvalue weighted by molar-refractivity contribution is -0.142. The van der Waals surface area contributed by atoms with E-state index in [0.29, 0.717) is 177 Å². The third-order valence-electron chi connectivity index (χ3n) is 23.2. The molecule has 6 rings (SSSR count). The lowest BCUT2D eigenvalue weighted by Gasteiger charge is -2.30. The van der Waals surface area contributed by atoms with Crippen LogP contribution < -0.4 is 10.6 Å². The van der Waals surface area contributed by atoms with Gasteiger partial charge in [-0.05, 0) is 134 Å². The highest BCUT2D eigenvalue weighted by Gasteiger charge is 2.40.